The Bertz CT molecular complexity index is 176. The number of carbonyl (C=O) groups excluding carboxylic acids is 1. The van der Waals surface area contributed by atoms with Crippen LogP contribution < -0.4 is 0 Å². The number of nitrogens with zero attached hydrogens (tertiary/aromatic N) is 1. The first-order valence-corrected chi connectivity index (χ1v) is 5.82. The number of rotatable bonds is 8. The van der Waals surface area contributed by atoms with Crippen LogP contribution in [0.1, 0.15) is 40.0 Å². The summed E-state index contributed by atoms with van der Waals surface area (Å²) in [6.07, 6.45) is 3.35. The van der Waals surface area contributed by atoms with Crippen molar-refractivity contribution in [3.8, 4) is 0 Å². The topological polar surface area (TPSA) is 40.5 Å². The van der Waals surface area contributed by atoms with E-state index < -0.39 is 0 Å². The van der Waals surface area contributed by atoms with Gasteiger partial charge in [0.25, 0.3) is 0 Å². The molecule has 0 aliphatic heterocycles. The van der Waals surface area contributed by atoms with Crippen molar-refractivity contribution >= 4 is 6.29 Å². The zero-order valence-corrected chi connectivity index (χ0v) is 10.5. The van der Waals surface area contributed by atoms with Gasteiger partial charge in [0.05, 0.1) is 6.10 Å². The molecule has 3 heteroatoms. The molecule has 90 valence electrons. The van der Waals surface area contributed by atoms with E-state index in [2.05, 4.69) is 18.7 Å². The number of hydrogen-bond donors (Lipinski definition) is 1. The molecule has 0 rings (SSSR count). The van der Waals surface area contributed by atoms with Crippen LogP contribution >= 0.6 is 0 Å². The summed E-state index contributed by atoms with van der Waals surface area (Å²) in [5.41, 5.74) is -0.201. The maximum Gasteiger partial charge on any atom is 0.127 e. The van der Waals surface area contributed by atoms with Crippen LogP contribution in [-0.2, 0) is 4.79 Å². The minimum absolute atomic E-state index is 0.201. The van der Waals surface area contributed by atoms with Crippen molar-refractivity contribution in [3.63, 3.8) is 0 Å². The molecule has 0 aromatic heterocycles. The highest BCUT2D eigenvalue weighted by molar-refractivity contribution is 5.59. The van der Waals surface area contributed by atoms with Crippen LogP contribution in [0, 0.1) is 5.41 Å². The lowest BCUT2D eigenvalue weighted by molar-refractivity contribution is -0.117. The van der Waals surface area contributed by atoms with E-state index in [0.717, 1.165) is 38.6 Å². The molecule has 0 aromatic carbocycles. The van der Waals surface area contributed by atoms with Crippen LogP contribution in [0.15, 0.2) is 0 Å². The second kappa shape index (κ2) is 6.96. The average Bonchev–Trinajstić information content (AvgIpc) is 2.23. The van der Waals surface area contributed by atoms with Crippen LogP contribution in [0.2, 0.25) is 0 Å². The highest BCUT2D eigenvalue weighted by Gasteiger charge is 2.26. The molecule has 0 amide bonds. The normalized spacial score (nSPS) is 14.3. The fourth-order valence-electron chi connectivity index (χ4n) is 1.70. The molecule has 0 radical (unpaired) electrons. The van der Waals surface area contributed by atoms with Crippen LogP contribution in [-0.4, -0.2) is 42.5 Å². The molecule has 0 saturated heterocycles. The molecule has 0 aromatic rings. The molecule has 0 heterocycles. The van der Waals surface area contributed by atoms with Crippen LogP contribution in [0.3, 0.4) is 0 Å². The molecule has 0 bridgehead atoms. The molecular formula is C12H25NO2. The van der Waals surface area contributed by atoms with Gasteiger partial charge in [-0.3, -0.25) is 0 Å². The number of carbonyl (C=O) groups is 1. The Balaban J connectivity index is 4.11. The van der Waals surface area contributed by atoms with Gasteiger partial charge < -0.3 is 14.8 Å². The number of aldehydes is 1. The maximum atomic E-state index is 11.1. The fraction of sp³-hybridized carbons (Fsp3) is 0.917. The Morgan fingerprint density at radius 3 is 2.27 bits per heavy atom. The summed E-state index contributed by atoms with van der Waals surface area (Å²) in [6, 6.07) is 0. The van der Waals surface area contributed by atoms with E-state index in [4.69, 9.17) is 0 Å². The Morgan fingerprint density at radius 2 is 1.93 bits per heavy atom. The van der Waals surface area contributed by atoms with Crippen molar-refractivity contribution in [2.45, 2.75) is 46.1 Å². The highest BCUT2D eigenvalue weighted by Crippen LogP contribution is 2.24. The van der Waals surface area contributed by atoms with E-state index in [1.807, 2.05) is 7.05 Å². The lowest BCUT2D eigenvalue weighted by atomic mass is 9.83. The van der Waals surface area contributed by atoms with Gasteiger partial charge in [0.1, 0.15) is 6.29 Å². The molecule has 0 fully saturated rings. The SMILES string of the molecule is CCC(C=O)(CC)CN(C)CCC(C)O. The van der Waals surface area contributed by atoms with Crippen molar-refractivity contribution in [1.29, 1.82) is 0 Å². The van der Waals surface area contributed by atoms with Gasteiger partial charge in [-0.05, 0) is 33.2 Å². The summed E-state index contributed by atoms with van der Waals surface area (Å²) in [6.45, 7) is 7.53. The van der Waals surface area contributed by atoms with Gasteiger partial charge in [-0.25, -0.2) is 0 Å². The van der Waals surface area contributed by atoms with E-state index in [1.54, 1.807) is 6.92 Å². The monoisotopic (exact) mass is 215 g/mol. The fourth-order valence-corrected chi connectivity index (χ4v) is 1.70. The van der Waals surface area contributed by atoms with Gasteiger partial charge in [0.2, 0.25) is 0 Å². The van der Waals surface area contributed by atoms with E-state index in [9.17, 15) is 9.90 Å². The molecule has 1 unspecified atom stereocenters. The van der Waals surface area contributed by atoms with E-state index in [0.29, 0.717) is 0 Å². The van der Waals surface area contributed by atoms with E-state index in [-0.39, 0.29) is 11.5 Å². The first kappa shape index (κ1) is 14.6. The Morgan fingerprint density at radius 1 is 1.40 bits per heavy atom. The second-order valence-electron chi connectivity index (χ2n) is 4.56. The Hall–Kier alpha value is -0.410. The standard InChI is InChI=1S/C12H25NO2/c1-5-12(6-2,10-14)9-13(4)8-7-11(3)15/h10-11,15H,5-9H2,1-4H3. The maximum absolute atomic E-state index is 11.1. The summed E-state index contributed by atoms with van der Waals surface area (Å²) >= 11 is 0. The van der Waals surface area contributed by atoms with Crippen molar-refractivity contribution in [2.24, 2.45) is 5.41 Å². The molecule has 15 heavy (non-hydrogen) atoms. The summed E-state index contributed by atoms with van der Waals surface area (Å²) < 4.78 is 0. The first-order valence-electron chi connectivity index (χ1n) is 5.82. The number of aliphatic hydroxyl groups excluding tert-OH is 1. The van der Waals surface area contributed by atoms with E-state index >= 15 is 0 Å². The summed E-state index contributed by atoms with van der Waals surface area (Å²) in [5, 5.41) is 9.17. The van der Waals surface area contributed by atoms with Crippen LogP contribution in [0.25, 0.3) is 0 Å². The van der Waals surface area contributed by atoms with Crippen molar-refractivity contribution in [2.75, 3.05) is 20.1 Å². The van der Waals surface area contributed by atoms with Gasteiger partial charge in [-0.15, -0.1) is 0 Å². The smallest absolute Gasteiger partial charge is 0.127 e. The third-order valence-electron chi connectivity index (χ3n) is 3.17. The third-order valence-corrected chi connectivity index (χ3v) is 3.17. The second-order valence-corrected chi connectivity index (χ2v) is 4.56. The van der Waals surface area contributed by atoms with Gasteiger partial charge in [0.15, 0.2) is 0 Å². The van der Waals surface area contributed by atoms with Crippen LogP contribution in [0.5, 0.6) is 0 Å². The molecule has 0 saturated carbocycles. The Kier molecular flexibility index (Phi) is 6.77. The van der Waals surface area contributed by atoms with Crippen LogP contribution in [0.4, 0.5) is 0 Å². The van der Waals surface area contributed by atoms with Crippen molar-refractivity contribution in [1.82, 2.24) is 4.90 Å². The average molecular weight is 215 g/mol. The van der Waals surface area contributed by atoms with Crippen molar-refractivity contribution < 1.29 is 9.90 Å². The highest BCUT2D eigenvalue weighted by atomic mass is 16.3. The van der Waals surface area contributed by atoms with Gasteiger partial charge in [0, 0.05) is 18.5 Å². The van der Waals surface area contributed by atoms with E-state index in [1.165, 1.54) is 0 Å². The molecule has 1 atom stereocenters. The Labute approximate surface area is 93.5 Å². The molecule has 0 aliphatic rings. The summed E-state index contributed by atoms with van der Waals surface area (Å²) in [4.78, 5) is 13.2. The van der Waals surface area contributed by atoms with Gasteiger partial charge in [-0.2, -0.15) is 0 Å². The quantitative estimate of drug-likeness (QED) is 0.626. The molecule has 0 aliphatic carbocycles. The van der Waals surface area contributed by atoms with Gasteiger partial charge >= 0.3 is 0 Å². The third kappa shape index (κ3) is 5.28. The molecule has 1 N–H and O–H groups in total. The lowest BCUT2D eigenvalue weighted by Crippen LogP contribution is -2.37. The molecular weight excluding hydrogens is 190 g/mol. The largest absolute Gasteiger partial charge is 0.393 e. The molecule has 0 spiro atoms. The van der Waals surface area contributed by atoms with Crippen molar-refractivity contribution in [3.05, 3.63) is 0 Å². The zero-order valence-electron chi connectivity index (χ0n) is 10.5. The predicted molar refractivity (Wildman–Crippen MR) is 62.9 cm³/mol. The summed E-state index contributed by atoms with van der Waals surface area (Å²) in [5.74, 6) is 0. The first-order chi connectivity index (χ1) is 6.99. The van der Waals surface area contributed by atoms with Gasteiger partial charge in [-0.1, -0.05) is 13.8 Å². The number of aliphatic hydroxyl groups is 1. The lowest BCUT2D eigenvalue weighted by Gasteiger charge is -2.30. The minimum atomic E-state index is -0.263. The summed E-state index contributed by atoms with van der Waals surface area (Å²) in [7, 11) is 2.01. The minimum Gasteiger partial charge on any atom is -0.393 e. The molecule has 3 nitrogen and oxygen atoms in total. The number of hydrogen-bond acceptors (Lipinski definition) is 3. The zero-order chi connectivity index (χ0) is 11.9. The predicted octanol–water partition coefficient (Wildman–Crippen LogP) is 1.69.